The second kappa shape index (κ2) is 7.92. The first-order chi connectivity index (χ1) is 11.8. The summed E-state index contributed by atoms with van der Waals surface area (Å²) in [6.07, 6.45) is 7.14. The lowest BCUT2D eigenvalue weighted by Crippen LogP contribution is -2.35. The van der Waals surface area contributed by atoms with Crippen LogP contribution in [0, 0.1) is 0 Å². The Morgan fingerprint density at radius 2 is 1.67 bits per heavy atom. The maximum atomic E-state index is 12.7. The fourth-order valence-corrected chi connectivity index (χ4v) is 2.46. The van der Waals surface area contributed by atoms with E-state index in [9.17, 15) is 4.79 Å². The normalized spacial score (nSPS) is 11.7. The maximum Gasteiger partial charge on any atom is 0.247 e. The van der Waals surface area contributed by atoms with Crippen molar-refractivity contribution in [2.24, 2.45) is 0 Å². The highest BCUT2D eigenvalue weighted by Crippen LogP contribution is 2.18. The quantitative estimate of drug-likeness (QED) is 0.654. The van der Waals surface area contributed by atoms with E-state index in [0.29, 0.717) is 19.0 Å². The van der Waals surface area contributed by atoms with Crippen molar-refractivity contribution in [3.63, 3.8) is 0 Å². The van der Waals surface area contributed by atoms with E-state index in [-0.39, 0.29) is 11.9 Å². The van der Waals surface area contributed by atoms with Gasteiger partial charge in [-0.05, 0) is 23.8 Å². The second-order valence-corrected chi connectivity index (χ2v) is 5.23. The van der Waals surface area contributed by atoms with Gasteiger partial charge in [-0.15, -0.1) is 0 Å². The second-order valence-electron chi connectivity index (χ2n) is 5.23. The number of hydrogen-bond donors (Lipinski definition) is 2. The van der Waals surface area contributed by atoms with Gasteiger partial charge in [0, 0.05) is 37.9 Å². The van der Waals surface area contributed by atoms with Gasteiger partial charge in [0.2, 0.25) is 11.9 Å². The molecule has 6 heteroatoms. The third-order valence-electron chi connectivity index (χ3n) is 3.56. The molecule has 0 aliphatic carbocycles. The molecule has 3 rings (SSSR count). The predicted molar refractivity (Wildman–Crippen MR) is 92.5 cm³/mol. The van der Waals surface area contributed by atoms with Gasteiger partial charge in [0.1, 0.15) is 6.04 Å². The molecular weight excluding hydrogens is 302 g/mol. The molecule has 0 radical (unpaired) electrons. The first-order valence-electron chi connectivity index (χ1n) is 7.80. The Hall–Kier alpha value is -3.15. The summed E-state index contributed by atoms with van der Waals surface area (Å²) in [6.45, 7) is 1.05. The van der Waals surface area contributed by atoms with Crippen LogP contribution in [-0.2, 0) is 4.79 Å². The van der Waals surface area contributed by atoms with Crippen LogP contribution in [0.2, 0.25) is 0 Å². The van der Waals surface area contributed by atoms with Gasteiger partial charge in [-0.3, -0.25) is 4.79 Å². The minimum atomic E-state index is -0.380. The summed E-state index contributed by atoms with van der Waals surface area (Å²) in [6, 6.07) is 14.9. The van der Waals surface area contributed by atoms with Gasteiger partial charge in [0.05, 0.1) is 0 Å². The standard InChI is InChI=1S/C18H19N5O/c24-17(19-11-12-22-18-20-9-6-10-21-18)16(23-13-4-5-14-23)15-7-2-1-3-8-15/h1-10,13-14,16H,11-12H2,(H,19,24)(H,20,21,22). The van der Waals surface area contributed by atoms with E-state index < -0.39 is 0 Å². The van der Waals surface area contributed by atoms with Crippen molar-refractivity contribution in [1.82, 2.24) is 19.9 Å². The van der Waals surface area contributed by atoms with Crippen LogP contribution in [0.1, 0.15) is 11.6 Å². The molecule has 1 atom stereocenters. The molecule has 0 spiro atoms. The Morgan fingerprint density at radius 1 is 0.958 bits per heavy atom. The lowest BCUT2D eigenvalue weighted by atomic mass is 10.1. The summed E-state index contributed by atoms with van der Waals surface area (Å²) in [5.41, 5.74) is 0.950. The molecule has 3 aromatic rings. The van der Waals surface area contributed by atoms with Gasteiger partial charge < -0.3 is 15.2 Å². The van der Waals surface area contributed by atoms with Gasteiger partial charge >= 0.3 is 0 Å². The molecule has 122 valence electrons. The van der Waals surface area contributed by atoms with Crippen molar-refractivity contribution in [3.8, 4) is 0 Å². The number of amides is 1. The van der Waals surface area contributed by atoms with Crippen LogP contribution >= 0.6 is 0 Å². The highest BCUT2D eigenvalue weighted by molar-refractivity contribution is 5.83. The van der Waals surface area contributed by atoms with E-state index in [4.69, 9.17) is 0 Å². The Balaban J connectivity index is 1.60. The molecule has 2 aromatic heterocycles. The molecule has 0 aliphatic rings. The average molecular weight is 321 g/mol. The van der Waals surface area contributed by atoms with Crippen molar-refractivity contribution in [2.75, 3.05) is 18.4 Å². The van der Waals surface area contributed by atoms with Gasteiger partial charge in [0.15, 0.2) is 0 Å². The van der Waals surface area contributed by atoms with Crippen LogP contribution in [0.3, 0.4) is 0 Å². The highest BCUT2D eigenvalue weighted by Gasteiger charge is 2.21. The summed E-state index contributed by atoms with van der Waals surface area (Å²) in [7, 11) is 0. The molecule has 1 unspecified atom stereocenters. The Kier molecular flexibility index (Phi) is 5.19. The third-order valence-corrected chi connectivity index (χ3v) is 3.56. The van der Waals surface area contributed by atoms with E-state index in [0.717, 1.165) is 5.56 Å². The molecule has 1 aromatic carbocycles. The lowest BCUT2D eigenvalue weighted by molar-refractivity contribution is -0.123. The Labute approximate surface area is 140 Å². The summed E-state index contributed by atoms with van der Waals surface area (Å²) >= 11 is 0. The fraction of sp³-hybridized carbons (Fsp3) is 0.167. The number of carbonyl (C=O) groups is 1. The third kappa shape index (κ3) is 3.98. The number of nitrogens with zero attached hydrogens (tertiary/aromatic N) is 3. The van der Waals surface area contributed by atoms with Crippen LogP contribution in [-0.4, -0.2) is 33.5 Å². The van der Waals surface area contributed by atoms with Crippen molar-refractivity contribution >= 4 is 11.9 Å². The molecular formula is C18H19N5O. The molecule has 2 heterocycles. The molecule has 0 aliphatic heterocycles. The number of rotatable bonds is 7. The number of carbonyl (C=O) groups excluding carboxylic acids is 1. The molecule has 0 bridgehead atoms. The summed E-state index contributed by atoms with van der Waals surface area (Å²) in [5, 5.41) is 6.03. The van der Waals surface area contributed by atoms with E-state index in [2.05, 4.69) is 20.6 Å². The van der Waals surface area contributed by atoms with Crippen LogP contribution in [0.25, 0.3) is 0 Å². The summed E-state index contributed by atoms with van der Waals surface area (Å²) < 4.78 is 1.90. The van der Waals surface area contributed by atoms with E-state index in [1.54, 1.807) is 18.5 Å². The monoisotopic (exact) mass is 321 g/mol. The van der Waals surface area contributed by atoms with Crippen molar-refractivity contribution in [1.29, 1.82) is 0 Å². The number of hydrogen-bond acceptors (Lipinski definition) is 4. The number of anilines is 1. The van der Waals surface area contributed by atoms with Crippen LogP contribution in [0.5, 0.6) is 0 Å². The topological polar surface area (TPSA) is 71.8 Å². The molecule has 1 amide bonds. The van der Waals surface area contributed by atoms with Crippen molar-refractivity contribution in [3.05, 3.63) is 78.9 Å². The summed E-state index contributed by atoms with van der Waals surface area (Å²) in [5.74, 6) is 0.505. The average Bonchev–Trinajstić information content (AvgIpc) is 3.15. The molecule has 6 nitrogen and oxygen atoms in total. The molecule has 24 heavy (non-hydrogen) atoms. The summed E-state index contributed by atoms with van der Waals surface area (Å²) in [4.78, 5) is 20.8. The lowest BCUT2D eigenvalue weighted by Gasteiger charge is -2.19. The Bertz CT molecular complexity index is 744. The van der Waals surface area contributed by atoms with Crippen LogP contribution in [0.4, 0.5) is 5.95 Å². The van der Waals surface area contributed by atoms with E-state index in [1.807, 2.05) is 59.4 Å². The number of aromatic nitrogens is 3. The minimum Gasteiger partial charge on any atom is -0.352 e. The molecule has 2 N–H and O–H groups in total. The maximum absolute atomic E-state index is 12.7. The predicted octanol–water partition coefficient (Wildman–Crippen LogP) is 2.10. The van der Waals surface area contributed by atoms with Crippen LogP contribution in [0.15, 0.2) is 73.3 Å². The van der Waals surface area contributed by atoms with Gasteiger partial charge in [-0.25, -0.2) is 9.97 Å². The SMILES string of the molecule is O=C(NCCNc1ncccn1)C(c1ccccc1)n1cccc1. The van der Waals surface area contributed by atoms with Crippen molar-refractivity contribution in [2.45, 2.75) is 6.04 Å². The largest absolute Gasteiger partial charge is 0.352 e. The van der Waals surface area contributed by atoms with E-state index in [1.165, 1.54) is 0 Å². The van der Waals surface area contributed by atoms with Gasteiger partial charge in [-0.1, -0.05) is 30.3 Å². The van der Waals surface area contributed by atoms with Crippen LogP contribution < -0.4 is 10.6 Å². The zero-order valence-electron chi connectivity index (χ0n) is 13.2. The smallest absolute Gasteiger partial charge is 0.247 e. The fourth-order valence-electron chi connectivity index (χ4n) is 2.46. The zero-order valence-corrected chi connectivity index (χ0v) is 13.2. The zero-order chi connectivity index (χ0) is 16.6. The molecule has 0 saturated heterocycles. The number of nitrogens with one attached hydrogen (secondary N) is 2. The van der Waals surface area contributed by atoms with Gasteiger partial charge in [0.25, 0.3) is 0 Å². The minimum absolute atomic E-state index is 0.0480. The Morgan fingerprint density at radius 3 is 2.38 bits per heavy atom. The molecule has 0 saturated carbocycles. The molecule has 0 fully saturated rings. The first kappa shape index (κ1) is 15.7. The first-order valence-corrected chi connectivity index (χ1v) is 7.80. The highest BCUT2D eigenvalue weighted by atomic mass is 16.2. The van der Waals surface area contributed by atoms with Crippen molar-refractivity contribution < 1.29 is 4.79 Å². The number of benzene rings is 1. The van der Waals surface area contributed by atoms with Gasteiger partial charge in [-0.2, -0.15) is 0 Å². The van der Waals surface area contributed by atoms with E-state index >= 15 is 0 Å².